The predicted octanol–water partition coefficient (Wildman–Crippen LogP) is 4.64. The van der Waals surface area contributed by atoms with Crippen molar-refractivity contribution in [1.82, 2.24) is 49.7 Å². The first kappa shape index (κ1) is 37.3. The molecule has 4 aromatic rings. The molecule has 18 heteroatoms. The molecular formula is C37H49ClF2N14O. The smallest absolute Gasteiger partial charge is 0.260 e. The van der Waals surface area contributed by atoms with Gasteiger partial charge in [-0.2, -0.15) is 20.2 Å². The van der Waals surface area contributed by atoms with Crippen LogP contribution in [-0.4, -0.2) is 109 Å². The minimum Gasteiger partial charge on any atom is -0.355 e. The molecule has 55 heavy (non-hydrogen) atoms. The fourth-order valence-electron chi connectivity index (χ4n) is 8.93. The standard InChI is InChI=1S/C20H24ClF2N7O.C17H25N7/c1-18-8-29(9-19(18,2)11-30(10-18)16(31)13-4-20(13,22)23)15-14(21)6-24-17(27-15)26-12-5-25-28(3)7-12;1-12-5-19-15(21-13-6-20-23(4)7-13)22-14(12)24-10-16(2)8-18-9-17(16,3)11-24/h5-7,13H,4,8-11H2,1-3H3,(H,24,26,27);5-7,18H,8-11H2,1-4H3,(H,19,21,22)/t13-,18-,19+;16-,17+/m0./s1. The number of aryl methyl sites for hydroxylation is 3. The average molecular weight is 779 g/mol. The molecule has 4 saturated heterocycles. The third-order valence-electron chi connectivity index (χ3n) is 12.8. The highest BCUT2D eigenvalue weighted by molar-refractivity contribution is 6.32. The number of hydrogen-bond acceptors (Lipinski definition) is 12. The summed E-state index contributed by atoms with van der Waals surface area (Å²) in [6, 6.07) is 0. The summed E-state index contributed by atoms with van der Waals surface area (Å²) in [6.45, 7) is 17.4. The summed E-state index contributed by atoms with van der Waals surface area (Å²) in [5.74, 6) is -1.72. The van der Waals surface area contributed by atoms with Crippen molar-refractivity contribution >= 4 is 52.4 Å². The maximum Gasteiger partial charge on any atom is 0.260 e. The predicted molar refractivity (Wildman–Crippen MR) is 206 cm³/mol. The SMILES string of the molecule is Cc1cnc(Nc2cnn(C)c2)nc1N1C[C@]2(C)CNC[C@]2(C)C1.Cn1cc(Nc2ncc(Cl)c(N3C[C@]4(C)CN(C(=O)[C@@H]5CC5(F)F)C[C@]4(C)C3)n2)cn1. The number of hydrogen-bond donors (Lipinski definition) is 3. The van der Waals surface area contributed by atoms with E-state index in [4.69, 9.17) is 16.6 Å². The van der Waals surface area contributed by atoms with Crippen molar-refractivity contribution in [1.29, 1.82) is 0 Å². The Morgan fingerprint density at radius 3 is 1.73 bits per heavy atom. The van der Waals surface area contributed by atoms with E-state index in [1.54, 1.807) is 32.9 Å². The lowest BCUT2D eigenvalue weighted by Gasteiger charge is -2.30. The maximum absolute atomic E-state index is 13.4. The summed E-state index contributed by atoms with van der Waals surface area (Å²) in [5.41, 5.74) is 2.86. The van der Waals surface area contributed by atoms with Gasteiger partial charge in [0, 0.05) is 119 Å². The zero-order chi connectivity index (χ0) is 39.1. The summed E-state index contributed by atoms with van der Waals surface area (Å²) in [4.78, 5) is 36.8. The number of nitrogens with zero attached hydrogens (tertiary/aromatic N) is 11. The first-order valence-electron chi connectivity index (χ1n) is 18.6. The minimum absolute atomic E-state index is 0.252. The Kier molecular flexibility index (Phi) is 8.79. The van der Waals surface area contributed by atoms with Gasteiger partial charge in [0.05, 0.1) is 30.0 Å². The van der Waals surface area contributed by atoms with Gasteiger partial charge >= 0.3 is 0 Å². The van der Waals surface area contributed by atoms with E-state index in [-0.39, 0.29) is 17.3 Å². The van der Waals surface area contributed by atoms with E-state index in [2.05, 4.69) is 85.5 Å². The van der Waals surface area contributed by atoms with Gasteiger partial charge in [-0.25, -0.2) is 18.7 Å². The highest BCUT2D eigenvalue weighted by atomic mass is 35.5. The molecule has 0 unspecified atom stereocenters. The largest absolute Gasteiger partial charge is 0.355 e. The summed E-state index contributed by atoms with van der Waals surface area (Å²) in [7, 11) is 3.72. The molecule has 1 amide bonds. The molecule has 4 aromatic heterocycles. The molecule has 0 spiro atoms. The summed E-state index contributed by atoms with van der Waals surface area (Å²) in [5, 5.41) is 18.6. The second-order valence-corrected chi connectivity index (χ2v) is 17.8. The number of alkyl halides is 2. The van der Waals surface area contributed by atoms with Crippen LogP contribution in [0.5, 0.6) is 0 Å². The molecule has 0 aromatic carbocycles. The second-order valence-electron chi connectivity index (χ2n) is 17.4. The topological polar surface area (TPSA) is 150 Å². The van der Waals surface area contributed by atoms with Crippen LogP contribution in [0.1, 0.15) is 39.7 Å². The number of aromatic nitrogens is 8. The number of halogens is 3. The van der Waals surface area contributed by atoms with E-state index in [0.717, 1.165) is 48.9 Å². The van der Waals surface area contributed by atoms with E-state index in [1.165, 1.54) is 0 Å². The van der Waals surface area contributed by atoms with E-state index in [9.17, 15) is 13.6 Å². The number of carbonyl (C=O) groups is 1. The van der Waals surface area contributed by atoms with E-state index in [0.29, 0.717) is 59.7 Å². The van der Waals surface area contributed by atoms with Crippen molar-refractivity contribution in [2.75, 3.05) is 72.8 Å². The third-order valence-corrected chi connectivity index (χ3v) is 13.1. The second kappa shape index (κ2) is 13.0. The van der Waals surface area contributed by atoms with Gasteiger partial charge in [-0.05, 0) is 6.92 Å². The Morgan fingerprint density at radius 1 is 0.764 bits per heavy atom. The molecule has 15 nitrogen and oxygen atoms in total. The first-order valence-corrected chi connectivity index (χ1v) is 19.0. The number of amides is 1. The summed E-state index contributed by atoms with van der Waals surface area (Å²) < 4.78 is 30.2. The van der Waals surface area contributed by atoms with Crippen molar-refractivity contribution in [3.8, 4) is 0 Å². The molecule has 5 aliphatic rings. The molecule has 9 rings (SSSR count). The van der Waals surface area contributed by atoms with Gasteiger partial charge in [0.2, 0.25) is 17.8 Å². The monoisotopic (exact) mass is 778 g/mol. The van der Waals surface area contributed by atoms with Gasteiger partial charge in [0.15, 0.2) is 5.82 Å². The van der Waals surface area contributed by atoms with Gasteiger partial charge in [0.1, 0.15) is 16.8 Å². The maximum atomic E-state index is 13.4. The molecule has 5 fully saturated rings. The highest BCUT2D eigenvalue weighted by Crippen LogP contribution is 2.56. The van der Waals surface area contributed by atoms with Crippen LogP contribution in [0.25, 0.3) is 0 Å². The Bertz CT molecular complexity index is 2090. The minimum atomic E-state index is -2.84. The van der Waals surface area contributed by atoms with Crippen LogP contribution in [-0.2, 0) is 18.9 Å². The first-order chi connectivity index (χ1) is 25.9. The fraction of sp³-hybridized carbons (Fsp3) is 0.595. The van der Waals surface area contributed by atoms with Gasteiger partial charge in [0.25, 0.3) is 5.92 Å². The Hall–Kier alpha value is -4.64. The molecule has 1 aliphatic carbocycles. The molecule has 0 radical (unpaired) electrons. The van der Waals surface area contributed by atoms with Crippen LogP contribution in [0.4, 0.5) is 43.7 Å². The number of anilines is 6. The van der Waals surface area contributed by atoms with Crippen LogP contribution in [0.2, 0.25) is 5.02 Å². The summed E-state index contributed by atoms with van der Waals surface area (Å²) in [6.07, 6.45) is 10.3. The van der Waals surface area contributed by atoms with Gasteiger partial charge in [-0.3, -0.25) is 14.2 Å². The Labute approximate surface area is 324 Å². The van der Waals surface area contributed by atoms with E-state index in [1.807, 2.05) is 32.7 Å². The molecule has 5 atom stereocenters. The molecule has 294 valence electrons. The van der Waals surface area contributed by atoms with Crippen LogP contribution in [0, 0.1) is 34.5 Å². The quantitative estimate of drug-likeness (QED) is 0.240. The normalized spacial score (nSPS) is 30.2. The van der Waals surface area contributed by atoms with E-state index >= 15 is 0 Å². The number of fused-ring (bicyclic) bond motifs is 2. The zero-order valence-corrected chi connectivity index (χ0v) is 33.1. The molecule has 4 aliphatic heterocycles. The van der Waals surface area contributed by atoms with Crippen molar-refractivity contribution < 1.29 is 13.6 Å². The zero-order valence-electron chi connectivity index (χ0n) is 32.4. The number of rotatable bonds is 7. The molecular weight excluding hydrogens is 730 g/mol. The molecule has 1 saturated carbocycles. The Balaban J connectivity index is 0.000000160. The third kappa shape index (κ3) is 6.72. The number of likely N-dealkylation sites (tertiary alicyclic amines) is 1. The molecule has 3 N–H and O–H groups in total. The number of carbonyl (C=O) groups excluding carboxylic acids is 1. The van der Waals surface area contributed by atoms with Crippen molar-refractivity contribution in [2.45, 2.75) is 47.0 Å². The van der Waals surface area contributed by atoms with Crippen LogP contribution in [0.3, 0.4) is 0 Å². The van der Waals surface area contributed by atoms with E-state index < -0.39 is 17.7 Å². The fourth-order valence-corrected chi connectivity index (χ4v) is 9.14. The average Bonchev–Trinajstić information content (AvgIpc) is 3.68. The van der Waals surface area contributed by atoms with Crippen molar-refractivity contribution in [3.05, 3.63) is 47.8 Å². The van der Waals surface area contributed by atoms with Crippen LogP contribution >= 0.6 is 11.6 Å². The van der Waals surface area contributed by atoms with Crippen molar-refractivity contribution in [3.63, 3.8) is 0 Å². The number of nitrogens with one attached hydrogen (secondary N) is 3. The van der Waals surface area contributed by atoms with Gasteiger partial charge in [-0.1, -0.05) is 39.3 Å². The van der Waals surface area contributed by atoms with Gasteiger partial charge in [-0.15, -0.1) is 0 Å². The molecule has 8 heterocycles. The molecule has 0 bridgehead atoms. The Morgan fingerprint density at radius 2 is 1.24 bits per heavy atom. The van der Waals surface area contributed by atoms with Crippen molar-refractivity contribution in [2.24, 2.45) is 41.7 Å². The highest BCUT2D eigenvalue weighted by Gasteiger charge is 2.66. The lowest BCUT2D eigenvalue weighted by molar-refractivity contribution is -0.134. The van der Waals surface area contributed by atoms with Crippen LogP contribution in [0.15, 0.2) is 37.2 Å². The van der Waals surface area contributed by atoms with Gasteiger partial charge < -0.3 is 30.7 Å². The lowest BCUT2D eigenvalue weighted by atomic mass is 9.71. The summed E-state index contributed by atoms with van der Waals surface area (Å²) >= 11 is 6.43. The van der Waals surface area contributed by atoms with Crippen LogP contribution < -0.4 is 25.8 Å². The lowest BCUT2D eigenvalue weighted by Crippen LogP contribution is -2.37.